The zero-order valence-corrected chi connectivity index (χ0v) is 12.5. The summed E-state index contributed by atoms with van der Waals surface area (Å²) >= 11 is 0. The van der Waals surface area contributed by atoms with E-state index in [-0.39, 0.29) is 13.2 Å². The average molecular weight is 346 g/mol. The van der Waals surface area contributed by atoms with E-state index in [0.29, 0.717) is 6.92 Å². The number of hydrogen-bond donors (Lipinski definition) is 0. The van der Waals surface area contributed by atoms with Crippen molar-refractivity contribution >= 4 is 17.7 Å². The maximum atomic E-state index is 13.7. The largest absolute Gasteiger partial charge is 0.466 e. The summed E-state index contributed by atoms with van der Waals surface area (Å²) in [6, 6.07) is 0. The van der Waals surface area contributed by atoms with Crippen LogP contribution in [0.3, 0.4) is 0 Å². The number of ketones is 1. The Morgan fingerprint density at radius 2 is 1.48 bits per heavy atom. The highest BCUT2D eigenvalue weighted by Crippen LogP contribution is 2.69. The quantitative estimate of drug-likeness (QED) is 0.419. The van der Waals surface area contributed by atoms with E-state index < -0.39 is 47.1 Å². The standard InChI is InChI=1S/C13H15F5O5/c1-4-22-9(20)7-8(12(14,15)13(16,17)18)11(7,6(3)19)10(21)23-5-2/h7-8H,4-5H2,1-3H3/t7-,8-,11-/m1/s1. The fourth-order valence-electron chi connectivity index (χ4n) is 2.70. The van der Waals surface area contributed by atoms with Crippen LogP contribution in [-0.4, -0.2) is 43.0 Å². The molecule has 5 nitrogen and oxygen atoms in total. The molecule has 0 N–H and O–H groups in total. The Kier molecular flexibility index (Phi) is 5.07. The SMILES string of the molecule is CCOC(=O)[C@H]1[C@@H](C(F)(F)C(F)(F)F)[C@]1(C(C)=O)C(=O)OCC. The van der Waals surface area contributed by atoms with Gasteiger partial charge in [0.1, 0.15) is 11.2 Å². The molecule has 1 aliphatic rings. The summed E-state index contributed by atoms with van der Waals surface area (Å²) in [6.07, 6.45) is -6.04. The van der Waals surface area contributed by atoms with Crippen LogP contribution >= 0.6 is 0 Å². The molecule has 0 bridgehead atoms. The van der Waals surface area contributed by atoms with Crippen molar-refractivity contribution in [2.75, 3.05) is 13.2 Å². The topological polar surface area (TPSA) is 69.7 Å². The van der Waals surface area contributed by atoms with Gasteiger partial charge in [-0.05, 0) is 20.8 Å². The minimum atomic E-state index is -6.04. The molecule has 0 spiro atoms. The molecule has 0 aliphatic heterocycles. The molecule has 3 atom stereocenters. The Bertz CT molecular complexity index is 515. The highest BCUT2D eigenvalue weighted by molar-refractivity contribution is 6.12. The number of Topliss-reactive ketones (excluding diaryl/α,β-unsaturated/α-hetero) is 1. The maximum Gasteiger partial charge on any atom is 0.453 e. The second kappa shape index (κ2) is 6.04. The second-order valence-corrected chi connectivity index (χ2v) is 4.97. The molecule has 1 aliphatic carbocycles. The lowest BCUT2D eigenvalue weighted by atomic mass is 9.94. The van der Waals surface area contributed by atoms with Crippen molar-refractivity contribution in [3.05, 3.63) is 0 Å². The molecule has 0 amide bonds. The van der Waals surface area contributed by atoms with Gasteiger partial charge < -0.3 is 9.47 Å². The highest BCUT2D eigenvalue weighted by Gasteiger charge is 2.88. The van der Waals surface area contributed by atoms with Crippen molar-refractivity contribution in [1.29, 1.82) is 0 Å². The summed E-state index contributed by atoms with van der Waals surface area (Å²) in [6.45, 7) is 2.58. The molecule has 0 aromatic heterocycles. The Hall–Kier alpha value is -1.74. The predicted octanol–water partition coefficient (Wildman–Crippen LogP) is 2.13. The zero-order chi connectivity index (χ0) is 18.2. The van der Waals surface area contributed by atoms with Crippen LogP contribution in [0.4, 0.5) is 22.0 Å². The second-order valence-electron chi connectivity index (χ2n) is 4.97. The first-order valence-electron chi connectivity index (χ1n) is 6.70. The monoisotopic (exact) mass is 346 g/mol. The normalized spacial score (nSPS) is 27.3. The van der Waals surface area contributed by atoms with E-state index in [4.69, 9.17) is 0 Å². The molecule has 1 fully saturated rings. The summed E-state index contributed by atoms with van der Waals surface area (Å²) in [5, 5.41) is 0. The Balaban J connectivity index is 3.42. The van der Waals surface area contributed by atoms with E-state index in [0.717, 1.165) is 0 Å². The van der Waals surface area contributed by atoms with Crippen LogP contribution in [0.25, 0.3) is 0 Å². The Morgan fingerprint density at radius 3 is 1.83 bits per heavy atom. The zero-order valence-electron chi connectivity index (χ0n) is 12.5. The molecular weight excluding hydrogens is 331 g/mol. The number of ether oxygens (including phenoxy) is 2. The van der Waals surface area contributed by atoms with Crippen molar-refractivity contribution < 1.29 is 45.8 Å². The van der Waals surface area contributed by atoms with Crippen LogP contribution in [-0.2, 0) is 23.9 Å². The minimum absolute atomic E-state index is 0.309. The number of alkyl halides is 5. The number of rotatable bonds is 6. The van der Waals surface area contributed by atoms with Gasteiger partial charge in [-0.2, -0.15) is 22.0 Å². The number of esters is 2. The molecule has 1 rings (SSSR count). The van der Waals surface area contributed by atoms with E-state index in [1.165, 1.54) is 13.8 Å². The summed E-state index contributed by atoms with van der Waals surface area (Å²) in [4.78, 5) is 35.4. The van der Waals surface area contributed by atoms with Crippen LogP contribution in [0, 0.1) is 17.3 Å². The Morgan fingerprint density at radius 1 is 1.00 bits per heavy atom. The van der Waals surface area contributed by atoms with Gasteiger partial charge in [0.2, 0.25) is 0 Å². The lowest BCUT2D eigenvalue weighted by Gasteiger charge is -2.21. The van der Waals surface area contributed by atoms with Crippen molar-refractivity contribution in [3.63, 3.8) is 0 Å². The molecule has 0 aromatic carbocycles. The van der Waals surface area contributed by atoms with Crippen LogP contribution in [0.2, 0.25) is 0 Å². The third kappa shape index (κ3) is 2.78. The summed E-state index contributed by atoms with van der Waals surface area (Å²) in [5.41, 5.74) is -2.89. The number of carbonyl (C=O) groups excluding carboxylic acids is 3. The fourth-order valence-corrected chi connectivity index (χ4v) is 2.70. The summed E-state index contributed by atoms with van der Waals surface area (Å²) in [5.74, 6) is -14.9. The van der Waals surface area contributed by atoms with E-state index in [1.807, 2.05) is 0 Å². The van der Waals surface area contributed by atoms with Crippen LogP contribution in [0.5, 0.6) is 0 Å². The third-order valence-corrected chi connectivity index (χ3v) is 3.71. The smallest absolute Gasteiger partial charge is 0.453 e. The van der Waals surface area contributed by atoms with Gasteiger partial charge in [0, 0.05) is 0 Å². The van der Waals surface area contributed by atoms with Crippen LogP contribution < -0.4 is 0 Å². The lowest BCUT2D eigenvalue weighted by molar-refractivity contribution is -0.294. The lowest BCUT2D eigenvalue weighted by Crippen LogP contribution is -2.43. The van der Waals surface area contributed by atoms with Crippen molar-refractivity contribution in [3.8, 4) is 0 Å². The molecule has 1 saturated carbocycles. The van der Waals surface area contributed by atoms with Crippen molar-refractivity contribution in [1.82, 2.24) is 0 Å². The van der Waals surface area contributed by atoms with Crippen LogP contribution in [0.15, 0.2) is 0 Å². The van der Waals surface area contributed by atoms with Gasteiger partial charge in [0.05, 0.1) is 25.0 Å². The minimum Gasteiger partial charge on any atom is -0.466 e. The third-order valence-electron chi connectivity index (χ3n) is 3.71. The molecule has 0 radical (unpaired) electrons. The van der Waals surface area contributed by atoms with Gasteiger partial charge in [0.25, 0.3) is 0 Å². The Labute approximate surface area is 128 Å². The number of halogens is 5. The molecule has 10 heteroatoms. The number of hydrogen-bond acceptors (Lipinski definition) is 5. The van der Waals surface area contributed by atoms with Gasteiger partial charge in [-0.3, -0.25) is 14.4 Å². The molecule has 0 heterocycles. The molecule has 132 valence electrons. The first-order chi connectivity index (χ1) is 10.4. The van der Waals surface area contributed by atoms with Crippen molar-refractivity contribution in [2.45, 2.75) is 32.9 Å². The highest BCUT2D eigenvalue weighted by atomic mass is 19.4. The van der Waals surface area contributed by atoms with Gasteiger partial charge in [-0.25, -0.2) is 0 Å². The van der Waals surface area contributed by atoms with E-state index in [2.05, 4.69) is 9.47 Å². The predicted molar refractivity (Wildman–Crippen MR) is 64.4 cm³/mol. The van der Waals surface area contributed by atoms with E-state index in [1.54, 1.807) is 0 Å². The molecule has 23 heavy (non-hydrogen) atoms. The first-order valence-corrected chi connectivity index (χ1v) is 6.70. The van der Waals surface area contributed by atoms with Gasteiger partial charge in [-0.15, -0.1) is 0 Å². The van der Waals surface area contributed by atoms with Crippen LogP contribution in [0.1, 0.15) is 20.8 Å². The fraction of sp³-hybridized carbons (Fsp3) is 0.769. The van der Waals surface area contributed by atoms with Crippen molar-refractivity contribution in [2.24, 2.45) is 17.3 Å². The first kappa shape index (κ1) is 19.3. The van der Waals surface area contributed by atoms with Gasteiger partial charge >= 0.3 is 24.0 Å². The van der Waals surface area contributed by atoms with Gasteiger partial charge in [0.15, 0.2) is 0 Å². The van der Waals surface area contributed by atoms with E-state index in [9.17, 15) is 36.3 Å². The molecule has 0 unspecified atom stereocenters. The molecular formula is C13H15F5O5. The molecule has 0 aromatic rings. The molecule has 0 saturated heterocycles. The number of carbonyl (C=O) groups is 3. The van der Waals surface area contributed by atoms with E-state index >= 15 is 0 Å². The summed E-state index contributed by atoms with van der Waals surface area (Å²) in [7, 11) is 0. The average Bonchev–Trinajstić information content (AvgIpc) is 3.10. The maximum absolute atomic E-state index is 13.7. The van der Waals surface area contributed by atoms with Gasteiger partial charge in [-0.1, -0.05) is 0 Å². The summed E-state index contributed by atoms with van der Waals surface area (Å²) < 4.78 is 74.3.